The van der Waals surface area contributed by atoms with E-state index in [1.807, 2.05) is 17.8 Å². The number of nitrogens with two attached hydrogens (primary N) is 1. The SMILES string of the molecule is CSCCCC(CN)N1CCCOc2ccccc21. The summed E-state index contributed by atoms with van der Waals surface area (Å²) in [4.78, 5) is 2.45. The smallest absolute Gasteiger partial charge is 0.142 e. The van der Waals surface area contributed by atoms with Gasteiger partial charge in [0.1, 0.15) is 5.75 Å². The van der Waals surface area contributed by atoms with Crippen molar-refractivity contribution in [2.45, 2.75) is 25.3 Å². The second-order valence-corrected chi connectivity index (χ2v) is 5.87. The molecule has 106 valence electrons. The van der Waals surface area contributed by atoms with Crippen LogP contribution in [0.3, 0.4) is 0 Å². The van der Waals surface area contributed by atoms with Crippen molar-refractivity contribution in [3.8, 4) is 5.75 Å². The number of thioether (sulfide) groups is 1. The predicted octanol–water partition coefficient (Wildman–Crippen LogP) is 2.75. The van der Waals surface area contributed by atoms with Crippen molar-refractivity contribution in [3.05, 3.63) is 24.3 Å². The summed E-state index contributed by atoms with van der Waals surface area (Å²) < 4.78 is 5.81. The number of fused-ring (bicyclic) bond motifs is 1. The molecular weight excluding hydrogens is 256 g/mol. The van der Waals surface area contributed by atoms with Gasteiger partial charge >= 0.3 is 0 Å². The number of hydrogen-bond acceptors (Lipinski definition) is 4. The molecule has 3 nitrogen and oxygen atoms in total. The fraction of sp³-hybridized carbons (Fsp3) is 0.600. The van der Waals surface area contributed by atoms with Crippen molar-refractivity contribution in [3.63, 3.8) is 0 Å². The number of para-hydroxylation sites is 2. The molecule has 0 amide bonds. The van der Waals surface area contributed by atoms with Crippen LogP contribution in [0.25, 0.3) is 0 Å². The van der Waals surface area contributed by atoms with Crippen LogP contribution >= 0.6 is 11.8 Å². The first-order valence-electron chi connectivity index (χ1n) is 7.04. The molecular formula is C15H24N2OS. The molecule has 1 aliphatic rings. The van der Waals surface area contributed by atoms with Gasteiger partial charge in [0.15, 0.2) is 0 Å². The fourth-order valence-corrected chi connectivity index (χ4v) is 3.05. The van der Waals surface area contributed by atoms with E-state index in [2.05, 4.69) is 29.4 Å². The molecule has 0 saturated carbocycles. The van der Waals surface area contributed by atoms with Crippen LogP contribution in [0.15, 0.2) is 24.3 Å². The Kier molecular flexibility index (Phi) is 5.86. The molecule has 4 heteroatoms. The summed E-state index contributed by atoms with van der Waals surface area (Å²) in [5, 5.41) is 0. The lowest BCUT2D eigenvalue weighted by molar-refractivity contribution is 0.322. The number of benzene rings is 1. The van der Waals surface area contributed by atoms with Crippen molar-refractivity contribution in [2.24, 2.45) is 5.73 Å². The Morgan fingerprint density at radius 1 is 1.42 bits per heavy atom. The molecule has 0 saturated heterocycles. The molecule has 1 aliphatic heterocycles. The lowest BCUT2D eigenvalue weighted by atomic mass is 10.1. The highest BCUT2D eigenvalue weighted by Crippen LogP contribution is 2.32. The average Bonchev–Trinajstić information content (AvgIpc) is 2.66. The van der Waals surface area contributed by atoms with Crippen LogP contribution in [0.4, 0.5) is 5.69 Å². The van der Waals surface area contributed by atoms with Gasteiger partial charge < -0.3 is 15.4 Å². The van der Waals surface area contributed by atoms with Gasteiger partial charge in [-0.2, -0.15) is 11.8 Å². The quantitative estimate of drug-likeness (QED) is 0.813. The molecule has 2 rings (SSSR count). The van der Waals surface area contributed by atoms with Gasteiger partial charge in [-0.05, 0) is 43.4 Å². The summed E-state index contributed by atoms with van der Waals surface area (Å²) in [5.41, 5.74) is 7.21. The molecule has 1 unspecified atom stereocenters. The highest BCUT2D eigenvalue weighted by molar-refractivity contribution is 7.98. The van der Waals surface area contributed by atoms with E-state index in [0.717, 1.165) is 31.7 Å². The van der Waals surface area contributed by atoms with E-state index in [-0.39, 0.29) is 0 Å². The summed E-state index contributed by atoms with van der Waals surface area (Å²) >= 11 is 1.91. The third kappa shape index (κ3) is 3.80. The van der Waals surface area contributed by atoms with E-state index in [1.54, 1.807) is 0 Å². The van der Waals surface area contributed by atoms with Gasteiger partial charge in [0.2, 0.25) is 0 Å². The first-order chi connectivity index (χ1) is 9.36. The van der Waals surface area contributed by atoms with Gasteiger partial charge in [-0.15, -0.1) is 0 Å². The maximum atomic E-state index is 6.00. The monoisotopic (exact) mass is 280 g/mol. The van der Waals surface area contributed by atoms with Crippen LogP contribution in [0, 0.1) is 0 Å². The zero-order valence-electron chi connectivity index (χ0n) is 11.7. The van der Waals surface area contributed by atoms with Crippen LogP contribution in [-0.2, 0) is 0 Å². The lowest BCUT2D eigenvalue weighted by Gasteiger charge is -2.32. The van der Waals surface area contributed by atoms with Crippen molar-refractivity contribution >= 4 is 17.4 Å². The number of rotatable bonds is 6. The Balaban J connectivity index is 2.12. The van der Waals surface area contributed by atoms with E-state index >= 15 is 0 Å². The normalized spacial score (nSPS) is 16.4. The molecule has 0 fully saturated rings. The zero-order chi connectivity index (χ0) is 13.5. The molecule has 1 aromatic rings. The molecule has 0 aliphatic carbocycles. The molecule has 0 bridgehead atoms. The molecule has 19 heavy (non-hydrogen) atoms. The van der Waals surface area contributed by atoms with Crippen LogP contribution in [0.5, 0.6) is 5.75 Å². The van der Waals surface area contributed by atoms with Gasteiger partial charge in [0.05, 0.1) is 12.3 Å². The van der Waals surface area contributed by atoms with Crippen molar-refractivity contribution in [1.82, 2.24) is 0 Å². The second-order valence-electron chi connectivity index (χ2n) is 4.89. The van der Waals surface area contributed by atoms with Gasteiger partial charge in [0, 0.05) is 19.1 Å². The molecule has 0 aromatic heterocycles. The van der Waals surface area contributed by atoms with Gasteiger partial charge in [-0.3, -0.25) is 0 Å². The molecule has 1 atom stereocenters. The fourth-order valence-electron chi connectivity index (χ4n) is 2.60. The van der Waals surface area contributed by atoms with Crippen LogP contribution < -0.4 is 15.4 Å². The van der Waals surface area contributed by atoms with Crippen molar-refractivity contribution in [2.75, 3.05) is 36.6 Å². The van der Waals surface area contributed by atoms with Crippen molar-refractivity contribution in [1.29, 1.82) is 0 Å². The standard InChI is InChI=1S/C15H24N2OS/c1-19-11-4-6-13(12-16)17-9-5-10-18-15-8-3-2-7-14(15)17/h2-3,7-8,13H,4-6,9-12,16H2,1H3. The summed E-state index contributed by atoms with van der Waals surface area (Å²) in [6.45, 7) is 2.55. The lowest BCUT2D eigenvalue weighted by Crippen LogP contribution is -2.41. The number of nitrogens with zero attached hydrogens (tertiary/aromatic N) is 1. The Labute approximate surface area is 120 Å². The van der Waals surface area contributed by atoms with E-state index in [9.17, 15) is 0 Å². The molecule has 0 spiro atoms. The highest BCUT2D eigenvalue weighted by Gasteiger charge is 2.22. The van der Waals surface area contributed by atoms with E-state index in [4.69, 9.17) is 10.5 Å². The largest absolute Gasteiger partial charge is 0.491 e. The summed E-state index contributed by atoms with van der Waals surface area (Å²) in [6, 6.07) is 8.75. The average molecular weight is 280 g/mol. The maximum absolute atomic E-state index is 6.00. The Morgan fingerprint density at radius 2 is 2.26 bits per heavy atom. The topological polar surface area (TPSA) is 38.5 Å². The second kappa shape index (κ2) is 7.65. The summed E-state index contributed by atoms with van der Waals surface area (Å²) in [6.07, 6.45) is 5.61. The van der Waals surface area contributed by atoms with Gasteiger partial charge in [-0.25, -0.2) is 0 Å². The minimum atomic E-state index is 0.426. The zero-order valence-corrected chi connectivity index (χ0v) is 12.5. The third-order valence-corrected chi connectivity index (χ3v) is 4.27. The summed E-state index contributed by atoms with van der Waals surface area (Å²) in [7, 11) is 0. The van der Waals surface area contributed by atoms with Gasteiger partial charge in [-0.1, -0.05) is 12.1 Å². The third-order valence-electron chi connectivity index (χ3n) is 3.57. The van der Waals surface area contributed by atoms with Crippen molar-refractivity contribution < 1.29 is 4.74 Å². The van der Waals surface area contributed by atoms with Crippen LogP contribution in [-0.4, -0.2) is 37.7 Å². The maximum Gasteiger partial charge on any atom is 0.142 e. The molecule has 1 aromatic carbocycles. The van der Waals surface area contributed by atoms with Crippen LogP contribution in [0.1, 0.15) is 19.3 Å². The van der Waals surface area contributed by atoms with E-state index in [0.29, 0.717) is 12.6 Å². The highest BCUT2D eigenvalue weighted by atomic mass is 32.2. The minimum absolute atomic E-state index is 0.426. The number of hydrogen-bond donors (Lipinski definition) is 1. The van der Waals surface area contributed by atoms with E-state index in [1.165, 1.54) is 17.9 Å². The summed E-state index contributed by atoms with van der Waals surface area (Å²) in [5.74, 6) is 2.21. The molecule has 2 N–H and O–H groups in total. The number of anilines is 1. The molecule has 0 radical (unpaired) electrons. The van der Waals surface area contributed by atoms with E-state index < -0.39 is 0 Å². The number of ether oxygens (including phenoxy) is 1. The predicted molar refractivity (Wildman–Crippen MR) is 84.4 cm³/mol. The first kappa shape index (κ1) is 14.5. The molecule has 1 heterocycles. The Hall–Kier alpha value is -0.870. The Bertz CT molecular complexity index is 386. The first-order valence-corrected chi connectivity index (χ1v) is 8.43. The Morgan fingerprint density at radius 3 is 3.05 bits per heavy atom. The van der Waals surface area contributed by atoms with Gasteiger partial charge in [0.25, 0.3) is 0 Å². The minimum Gasteiger partial charge on any atom is -0.491 e. The van der Waals surface area contributed by atoms with Crippen LogP contribution in [0.2, 0.25) is 0 Å².